The first-order valence-corrected chi connectivity index (χ1v) is 11.7. The number of ether oxygens (including phenoxy) is 1. The van der Waals surface area contributed by atoms with E-state index in [4.69, 9.17) is 21.4 Å². The largest absolute Gasteiger partial charge is 0.481 e. The molecule has 1 fully saturated rings. The highest BCUT2D eigenvalue weighted by molar-refractivity contribution is 6.31. The fraction of sp³-hybridized carbons (Fsp3) is 0.259. The fourth-order valence-corrected chi connectivity index (χ4v) is 4.55. The van der Waals surface area contributed by atoms with Gasteiger partial charge in [-0.3, -0.25) is 4.79 Å². The molecule has 1 aliphatic heterocycles. The highest BCUT2D eigenvalue weighted by Crippen LogP contribution is 2.29. The van der Waals surface area contributed by atoms with Crippen LogP contribution in [0.15, 0.2) is 72.8 Å². The summed E-state index contributed by atoms with van der Waals surface area (Å²) in [6.07, 6.45) is 0.752. The molecule has 0 saturated carbocycles. The zero-order chi connectivity index (χ0) is 24.1. The number of carboxylic acids is 1. The van der Waals surface area contributed by atoms with Gasteiger partial charge in [0, 0.05) is 22.8 Å². The Hall–Kier alpha value is -3.51. The van der Waals surface area contributed by atoms with Gasteiger partial charge in [0.05, 0.1) is 6.42 Å². The average molecular weight is 479 g/mol. The quantitative estimate of drug-likeness (QED) is 0.432. The Morgan fingerprint density at radius 3 is 2.35 bits per heavy atom. The highest BCUT2D eigenvalue weighted by atomic mass is 35.5. The van der Waals surface area contributed by atoms with Gasteiger partial charge in [0.2, 0.25) is 0 Å². The van der Waals surface area contributed by atoms with E-state index in [1.54, 1.807) is 13.0 Å². The average Bonchev–Trinajstić information content (AvgIpc) is 3.27. The predicted molar refractivity (Wildman–Crippen MR) is 133 cm³/mol. The van der Waals surface area contributed by atoms with Crippen molar-refractivity contribution in [2.24, 2.45) is 0 Å². The molecule has 7 heteroatoms. The lowest BCUT2D eigenvalue weighted by Gasteiger charge is -2.28. The maximum Gasteiger partial charge on any atom is 0.409 e. The van der Waals surface area contributed by atoms with Gasteiger partial charge < -0.3 is 20.1 Å². The van der Waals surface area contributed by atoms with Crippen LogP contribution in [0.5, 0.6) is 0 Å². The maximum atomic E-state index is 12.6. The normalized spacial score (nSPS) is 16.2. The number of alkyl carbamates (subject to hydrolysis) is 1. The lowest BCUT2D eigenvalue weighted by atomic mass is 10.0. The summed E-state index contributed by atoms with van der Waals surface area (Å²) in [6, 6.07) is 23.0. The molecule has 3 aromatic carbocycles. The van der Waals surface area contributed by atoms with Crippen LogP contribution in [0.3, 0.4) is 0 Å². The minimum Gasteiger partial charge on any atom is -0.481 e. The molecule has 2 N–H and O–H groups in total. The van der Waals surface area contributed by atoms with E-state index in [1.165, 1.54) is 0 Å². The molecule has 0 radical (unpaired) electrons. The van der Waals surface area contributed by atoms with Gasteiger partial charge in [-0.05, 0) is 54.7 Å². The van der Waals surface area contributed by atoms with Crippen molar-refractivity contribution in [3.05, 3.63) is 88.9 Å². The number of anilines is 1. The van der Waals surface area contributed by atoms with Crippen molar-refractivity contribution in [3.63, 3.8) is 0 Å². The summed E-state index contributed by atoms with van der Waals surface area (Å²) in [6.45, 7) is 2.65. The molecule has 0 bridgehead atoms. The van der Waals surface area contributed by atoms with Crippen LogP contribution >= 0.6 is 11.6 Å². The van der Waals surface area contributed by atoms with Crippen molar-refractivity contribution in [2.45, 2.75) is 38.5 Å². The molecular formula is C27H27ClN2O4. The molecule has 176 valence electrons. The van der Waals surface area contributed by atoms with Gasteiger partial charge in [0.15, 0.2) is 0 Å². The van der Waals surface area contributed by atoms with E-state index in [-0.39, 0.29) is 12.6 Å². The van der Waals surface area contributed by atoms with Crippen molar-refractivity contribution in [1.82, 2.24) is 5.32 Å². The van der Waals surface area contributed by atoms with Crippen molar-refractivity contribution < 1.29 is 19.4 Å². The maximum absolute atomic E-state index is 12.6. The third-order valence-electron chi connectivity index (χ3n) is 6.01. The summed E-state index contributed by atoms with van der Waals surface area (Å²) in [4.78, 5) is 25.6. The second kappa shape index (κ2) is 10.6. The van der Waals surface area contributed by atoms with E-state index in [1.807, 2.05) is 66.7 Å². The van der Waals surface area contributed by atoms with Crippen LogP contribution in [0.2, 0.25) is 5.02 Å². The van der Waals surface area contributed by atoms with Crippen LogP contribution in [0.25, 0.3) is 11.1 Å². The van der Waals surface area contributed by atoms with Crippen molar-refractivity contribution in [1.29, 1.82) is 0 Å². The van der Waals surface area contributed by atoms with Crippen LogP contribution in [0.4, 0.5) is 10.5 Å². The Morgan fingerprint density at radius 1 is 1.06 bits per heavy atom. The van der Waals surface area contributed by atoms with Gasteiger partial charge in [-0.2, -0.15) is 0 Å². The lowest BCUT2D eigenvalue weighted by molar-refractivity contribution is -0.136. The molecule has 4 rings (SSSR count). The van der Waals surface area contributed by atoms with Crippen LogP contribution in [-0.4, -0.2) is 29.9 Å². The Balaban J connectivity index is 1.38. The highest BCUT2D eigenvalue weighted by Gasteiger charge is 2.27. The summed E-state index contributed by atoms with van der Waals surface area (Å²) in [5.74, 6) is -0.840. The molecule has 0 aliphatic carbocycles. The number of carbonyl (C=O) groups excluding carboxylic acids is 1. The third kappa shape index (κ3) is 5.69. The summed E-state index contributed by atoms with van der Waals surface area (Å²) in [5, 5.41) is 12.5. The third-order valence-corrected chi connectivity index (χ3v) is 6.35. The summed E-state index contributed by atoms with van der Waals surface area (Å²) < 4.78 is 5.58. The molecule has 0 spiro atoms. The summed E-state index contributed by atoms with van der Waals surface area (Å²) in [7, 11) is 0. The van der Waals surface area contributed by atoms with Crippen molar-refractivity contribution in [2.75, 3.05) is 11.4 Å². The topological polar surface area (TPSA) is 78.9 Å². The van der Waals surface area contributed by atoms with E-state index < -0.39 is 18.2 Å². The van der Waals surface area contributed by atoms with E-state index in [9.17, 15) is 9.59 Å². The molecular weight excluding hydrogens is 452 g/mol. The van der Waals surface area contributed by atoms with Gasteiger partial charge >= 0.3 is 12.1 Å². The molecule has 1 aliphatic rings. The zero-order valence-electron chi connectivity index (χ0n) is 18.9. The first kappa shape index (κ1) is 23.6. The number of nitrogens with one attached hydrogen (secondary N) is 1. The molecule has 2 atom stereocenters. The molecule has 3 aromatic rings. The molecule has 2 unspecified atom stereocenters. The molecule has 1 amide bonds. The summed E-state index contributed by atoms with van der Waals surface area (Å²) >= 11 is 6.22. The van der Waals surface area contributed by atoms with Gasteiger partial charge in [0.1, 0.15) is 12.3 Å². The Kier molecular flexibility index (Phi) is 7.38. The molecule has 0 aromatic heterocycles. The minimum absolute atomic E-state index is 0.0160. The second-order valence-electron chi connectivity index (χ2n) is 8.38. The zero-order valence-corrected chi connectivity index (χ0v) is 19.7. The van der Waals surface area contributed by atoms with Crippen LogP contribution in [0.1, 0.15) is 37.0 Å². The number of halogens is 1. The van der Waals surface area contributed by atoms with Crippen LogP contribution in [-0.2, 0) is 16.0 Å². The number of benzene rings is 3. The summed E-state index contributed by atoms with van der Waals surface area (Å²) in [5.41, 5.74) is 4.63. The SMILES string of the molecule is CC(OC(=O)NC1CCCN1c1ccc(-c2ccc(CC(=O)O)cc2)cc1)c1ccccc1Cl. The van der Waals surface area contributed by atoms with E-state index >= 15 is 0 Å². The molecule has 1 saturated heterocycles. The molecule has 34 heavy (non-hydrogen) atoms. The second-order valence-corrected chi connectivity index (χ2v) is 8.79. The first-order chi connectivity index (χ1) is 16.4. The Morgan fingerprint density at radius 2 is 1.71 bits per heavy atom. The van der Waals surface area contributed by atoms with Gasteiger partial charge in [0.25, 0.3) is 0 Å². The van der Waals surface area contributed by atoms with Gasteiger partial charge in [-0.25, -0.2) is 4.79 Å². The minimum atomic E-state index is -0.840. The predicted octanol–water partition coefficient (Wildman–Crippen LogP) is 6.05. The number of rotatable bonds is 7. The lowest BCUT2D eigenvalue weighted by Crippen LogP contribution is -2.44. The van der Waals surface area contributed by atoms with Crippen LogP contribution < -0.4 is 10.2 Å². The number of amides is 1. The van der Waals surface area contributed by atoms with E-state index in [2.05, 4.69) is 10.2 Å². The van der Waals surface area contributed by atoms with E-state index in [0.29, 0.717) is 5.02 Å². The fourth-order valence-electron chi connectivity index (χ4n) is 4.26. The number of carboxylic acid groups (broad SMARTS) is 1. The smallest absolute Gasteiger partial charge is 0.409 e. The standard InChI is InChI=1S/C27H27ClN2O4/c1-18(23-5-2-3-6-24(23)28)34-27(33)29-25-7-4-16-30(25)22-14-12-21(13-15-22)20-10-8-19(9-11-20)17-26(31)32/h2-3,5-6,8-15,18,25H,4,7,16-17H2,1H3,(H,29,33)(H,31,32). The van der Waals surface area contributed by atoms with Crippen molar-refractivity contribution in [3.8, 4) is 11.1 Å². The number of hydrogen-bond acceptors (Lipinski definition) is 4. The number of aliphatic carboxylic acids is 1. The number of carbonyl (C=O) groups is 2. The van der Waals surface area contributed by atoms with E-state index in [0.717, 1.165) is 47.3 Å². The Bertz CT molecular complexity index is 1150. The first-order valence-electron chi connectivity index (χ1n) is 11.3. The van der Waals surface area contributed by atoms with Gasteiger partial charge in [-0.15, -0.1) is 0 Å². The monoisotopic (exact) mass is 478 g/mol. The number of nitrogens with zero attached hydrogens (tertiary/aromatic N) is 1. The van der Waals surface area contributed by atoms with Crippen LogP contribution in [0, 0.1) is 0 Å². The Labute approximate surface area is 204 Å². The van der Waals surface area contributed by atoms with Crippen molar-refractivity contribution >= 4 is 29.4 Å². The molecule has 1 heterocycles. The van der Waals surface area contributed by atoms with Gasteiger partial charge in [-0.1, -0.05) is 66.2 Å². The number of hydrogen-bond donors (Lipinski definition) is 2. The molecule has 6 nitrogen and oxygen atoms in total.